The number of aromatic carboxylic acids is 1. The van der Waals surface area contributed by atoms with Crippen LogP contribution < -0.4 is 10.6 Å². The van der Waals surface area contributed by atoms with Crippen LogP contribution in [-0.4, -0.2) is 28.3 Å². The quantitative estimate of drug-likeness (QED) is 0.563. The molecule has 0 heterocycles. The van der Waals surface area contributed by atoms with Crippen molar-refractivity contribution in [2.24, 2.45) is 0 Å². The number of phenols is 1. The molecular formula is C9H10N2O3S. The van der Waals surface area contributed by atoms with Crippen molar-refractivity contribution in [1.82, 2.24) is 5.32 Å². The second-order valence-corrected chi connectivity index (χ2v) is 3.15. The molecule has 0 aliphatic rings. The summed E-state index contributed by atoms with van der Waals surface area (Å²) in [4.78, 5) is 10.6. The van der Waals surface area contributed by atoms with E-state index in [1.165, 1.54) is 18.2 Å². The number of hydrogen-bond acceptors (Lipinski definition) is 3. The molecule has 5 nitrogen and oxygen atoms in total. The number of hydrogen-bond donors (Lipinski definition) is 4. The van der Waals surface area contributed by atoms with Crippen LogP contribution in [-0.2, 0) is 0 Å². The summed E-state index contributed by atoms with van der Waals surface area (Å²) in [7, 11) is 1.65. The van der Waals surface area contributed by atoms with Gasteiger partial charge in [0.25, 0.3) is 0 Å². The summed E-state index contributed by atoms with van der Waals surface area (Å²) in [5.41, 5.74) is 0.382. The van der Waals surface area contributed by atoms with Gasteiger partial charge in [0.15, 0.2) is 5.11 Å². The second-order valence-electron chi connectivity index (χ2n) is 2.74. The van der Waals surface area contributed by atoms with E-state index in [1.54, 1.807) is 7.05 Å². The first-order valence-corrected chi connectivity index (χ1v) is 4.50. The van der Waals surface area contributed by atoms with Crippen molar-refractivity contribution in [3.8, 4) is 5.75 Å². The number of benzene rings is 1. The van der Waals surface area contributed by atoms with Gasteiger partial charge in [0.05, 0.1) is 0 Å². The van der Waals surface area contributed by atoms with Crippen LogP contribution >= 0.6 is 12.2 Å². The molecule has 0 amide bonds. The highest BCUT2D eigenvalue weighted by molar-refractivity contribution is 7.80. The highest BCUT2D eigenvalue weighted by atomic mass is 32.1. The van der Waals surface area contributed by atoms with Crippen molar-refractivity contribution < 1.29 is 15.0 Å². The molecule has 1 aromatic rings. The van der Waals surface area contributed by atoms with Crippen molar-refractivity contribution in [3.05, 3.63) is 23.8 Å². The van der Waals surface area contributed by atoms with Crippen molar-refractivity contribution >= 4 is 29.0 Å². The Balaban J connectivity index is 2.91. The summed E-state index contributed by atoms with van der Waals surface area (Å²) < 4.78 is 0. The lowest BCUT2D eigenvalue weighted by atomic mass is 10.2. The summed E-state index contributed by atoms with van der Waals surface area (Å²) in [6, 6.07) is 4.12. The Bertz CT molecular complexity index is 406. The molecule has 15 heavy (non-hydrogen) atoms. The third kappa shape index (κ3) is 2.81. The van der Waals surface area contributed by atoms with E-state index in [-0.39, 0.29) is 11.3 Å². The van der Waals surface area contributed by atoms with E-state index in [9.17, 15) is 9.90 Å². The summed E-state index contributed by atoms with van der Waals surface area (Å²) in [6.07, 6.45) is 0. The van der Waals surface area contributed by atoms with E-state index in [2.05, 4.69) is 10.6 Å². The van der Waals surface area contributed by atoms with E-state index in [4.69, 9.17) is 17.3 Å². The van der Waals surface area contributed by atoms with Gasteiger partial charge in [-0.25, -0.2) is 4.79 Å². The molecule has 0 radical (unpaired) electrons. The molecule has 0 aromatic heterocycles. The Labute approximate surface area is 91.7 Å². The Morgan fingerprint density at radius 3 is 2.60 bits per heavy atom. The van der Waals surface area contributed by atoms with Gasteiger partial charge in [0, 0.05) is 18.8 Å². The first-order chi connectivity index (χ1) is 7.04. The van der Waals surface area contributed by atoms with Crippen LogP contribution in [0, 0.1) is 0 Å². The molecule has 0 saturated heterocycles. The van der Waals surface area contributed by atoms with Gasteiger partial charge in [-0.3, -0.25) is 0 Å². The predicted molar refractivity (Wildman–Crippen MR) is 60.3 cm³/mol. The Kier molecular flexibility index (Phi) is 3.46. The normalized spacial score (nSPS) is 9.40. The number of carbonyl (C=O) groups is 1. The Morgan fingerprint density at radius 1 is 1.47 bits per heavy atom. The number of rotatable bonds is 2. The number of carboxylic acid groups (broad SMARTS) is 1. The monoisotopic (exact) mass is 226 g/mol. The molecule has 1 rings (SSSR count). The summed E-state index contributed by atoms with van der Waals surface area (Å²) in [5.74, 6) is -1.47. The molecule has 0 unspecified atom stereocenters. The van der Waals surface area contributed by atoms with Crippen LogP contribution in [0.4, 0.5) is 5.69 Å². The SMILES string of the molecule is CNC(=S)Nc1ccc(C(=O)O)c(O)c1. The minimum absolute atomic E-state index is 0.143. The zero-order chi connectivity index (χ0) is 11.4. The Morgan fingerprint density at radius 2 is 2.13 bits per heavy atom. The molecule has 1 aromatic carbocycles. The van der Waals surface area contributed by atoms with Crippen molar-refractivity contribution in [3.63, 3.8) is 0 Å². The zero-order valence-electron chi connectivity index (χ0n) is 7.94. The molecule has 0 atom stereocenters. The highest BCUT2D eigenvalue weighted by Gasteiger charge is 2.09. The standard InChI is InChI=1S/C9H10N2O3S/c1-10-9(15)11-5-2-3-6(8(13)14)7(12)4-5/h2-4,12H,1H3,(H,13,14)(H2,10,11,15). The predicted octanol–water partition coefficient (Wildman–Crippen LogP) is 1.01. The van der Waals surface area contributed by atoms with Crippen LogP contribution in [0.25, 0.3) is 0 Å². The first kappa shape index (κ1) is 11.3. The fourth-order valence-electron chi connectivity index (χ4n) is 0.984. The van der Waals surface area contributed by atoms with Gasteiger partial charge in [-0.15, -0.1) is 0 Å². The number of aromatic hydroxyl groups is 1. The number of anilines is 1. The van der Waals surface area contributed by atoms with Crippen LogP contribution in [0.5, 0.6) is 5.75 Å². The van der Waals surface area contributed by atoms with Crippen molar-refractivity contribution in [2.45, 2.75) is 0 Å². The van der Waals surface area contributed by atoms with Crippen LogP contribution in [0.3, 0.4) is 0 Å². The van der Waals surface area contributed by atoms with Gasteiger partial charge in [0.1, 0.15) is 11.3 Å². The molecule has 0 aliphatic carbocycles. The van der Waals surface area contributed by atoms with Gasteiger partial charge in [-0.1, -0.05) is 0 Å². The fraction of sp³-hybridized carbons (Fsp3) is 0.111. The summed E-state index contributed by atoms with van der Waals surface area (Å²) in [6.45, 7) is 0. The maximum Gasteiger partial charge on any atom is 0.339 e. The topological polar surface area (TPSA) is 81.6 Å². The number of nitrogens with one attached hydrogen (secondary N) is 2. The average Bonchev–Trinajstić information content (AvgIpc) is 2.17. The van der Waals surface area contributed by atoms with Gasteiger partial charge in [0.2, 0.25) is 0 Å². The lowest BCUT2D eigenvalue weighted by molar-refractivity contribution is 0.0694. The number of thiocarbonyl (C=S) groups is 1. The maximum absolute atomic E-state index is 10.6. The van der Waals surface area contributed by atoms with Gasteiger partial charge < -0.3 is 20.8 Å². The van der Waals surface area contributed by atoms with Crippen molar-refractivity contribution in [1.29, 1.82) is 0 Å². The third-order valence-electron chi connectivity index (χ3n) is 1.71. The molecule has 0 fully saturated rings. The average molecular weight is 226 g/mol. The molecule has 0 spiro atoms. The van der Waals surface area contributed by atoms with Crippen LogP contribution in [0.1, 0.15) is 10.4 Å². The zero-order valence-corrected chi connectivity index (χ0v) is 8.76. The molecule has 4 N–H and O–H groups in total. The maximum atomic E-state index is 10.6. The lowest BCUT2D eigenvalue weighted by Gasteiger charge is -2.08. The molecule has 0 bridgehead atoms. The van der Waals surface area contributed by atoms with Gasteiger partial charge in [-0.05, 0) is 24.4 Å². The molecule has 6 heteroatoms. The largest absolute Gasteiger partial charge is 0.507 e. The van der Waals surface area contributed by atoms with Gasteiger partial charge >= 0.3 is 5.97 Å². The van der Waals surface area contributed by atoms with E-state index in [0.29, 0.717) is 10.8 Å². The van der Waals surface area contributed by atoms with Crippen LogP contribution in [0.15, 0.2) is 18.2 Å². The van der Waals surface area contributed by atoms with Gasteiger partial charge in [-0.2, -0.15) is 0 Å². The molecular weight excluding hydrogens is 216 g/mol. The minimum atomic E-state index is -1.17. The molecule has 0 aliphatic heterocycles. The second kappa shape index (κ2) is 4.61. The lowest BCUT2D eigenvalue weighted by Crippen LogP contribution is -2.24. The Hall–Kier alpha value is -1.82. The minimum Gasteiger partial charge on any atom is -0.507 e. The van der Waals surface area contributed by atoms with Crippen LogP contribution in [0.2, 0.25) is 0 Å². The van der Waals surface area contributed by atoms with E-state index in [1.807, 2.05) is 0 Å². The first-order valence-electron chi connectivity index (χ1n) is 4.09. The smallest absolute Gasteiger partial charge is 0.339 e. The van der Waals surface area contributed by atoms with E-state index >= 15 is 0 Å². The number of carboxylic acids is 1. The van der Waals surface area contributed by atoms with Crippen molar-refractivity contribution in [2.75, 3.05) is 12.4 Å². The highest BCUT2D eigenvalue weighted by Crippen LogP contribution is 2.21. The third-order valence-corrected chi connectivity index (χ3v) is 2.02. The van der Waals surface area contributed by atoms with E-state index < -0.39 is 5.97 Å². The summed E-state index contributed by atoms with van der Waals surface area (Å²) >= 11 is 4.84. The molecule has 0 saturated carbocycles. The fourth-order valence-corrected chi connectivity index (χ4v) is 1.10. The van der Waals surface area contributed by atoms with E-state index in [0.717, 1.165) is 0 Å². The molecule has 80 valence electrons. The summed E-state index contributed by atoms with van der Waals surface area (Å²) in [5, 5.41) is 23.9.